The Bertz CT molecular complexity index is 124. The number of hydrogen-bond acceptors (Lipinski definition) is 1. The van der Waals surface area contributed by atoms with Crippen molar-refractivity contribution >= 4 is 19.7 Å². The summed E-state index contributed by atoms with van der Waals surface area (Å²) in [6.45, 7) is 3.75. The molecule has 44 valence electrons. The van der Waals surface area contributed by atoms with Crippen LogP contribution in [-0.4, -0.2) is 11.5 Å². The number of allylic oxidation sites excluding steroid dienone is 1. The van der Waals surface area contributed by atoms with E-state index in [9.17, 15) is 0 Å². The molecule has 0 saturated heterocycles. The molecule has 0 unspecified atom stereocenters. The molecule has 0 fully saturated rings. The third-order valence-electron chi connectivity index (χ3n) is 0.503. The van der Waals surface area contributed by atoms with Crippen molar-refractivity contribution in [3.05, 3.63) is 11.9 Å². The van der Waals surface area contributed by atoms with Gasteiger partial charge in [-0.1, -0.05) is 14.3 Å². The molecule has 0 atom stereocenters. The molecule has 0 aliphatic rings. The van der Waals surface area contributed by atoms with Gasteiger partial charge in [-0.2, -0.15) is 0 Å². The van der Waals surface area contributed by atoms with E-state index in [2.05, 4.69) is 0 Å². The molecule has 1 N–H and O–H groups in total. The van der Waals surface area contributed by atoms with Crippen molar-refractivity contribution in [2.45, 2.75) is 13.8 Å². The normalized spacial score (nSPS) is 11.2. The Morgan fingerprint density at radius 3 is 2.62 bits per heavy atom. The van der Waals surface area contributed by atoms with Crippen LogP contribution in [0, 0.1) is 5.41 Å². The van der Waals surface area contributed by atoms with Crippen molar-refractivity contribution < 1.29 is 0 Å². The SMILES string of the molecule is C/C=C\P=CC(C)=N. The second-order valence-corrected chi connectivity index (χ2v) is 2.30. The van der Waals surface area contributed by atoms with E-state index in [1.165, 1.54) is 0 Å². The molecule has 0 saturated carbocycles. The first-order valence-electron chi connectivity index (χ1n) is 2.47. The summed E-state index contributed by atoms with van der Waals surface area (Å²) < 4.78 is 0. The molecule has 0 radical (unpaired) electrons. The van der Waals surface area contributed by atoms with Crippen molar-refractivity contribution in [2.75, 3.05) is 0 Å². The zero-order valence-corrected chi connectivity index (χ0v) is 6.07. The van der Waals surface area contributed by atoms with Gasteiger partial charge >= 0.3 is 0 Å². The molecule has 0 bridgehead atoms. The molecule has 8 heavy (non-hydrogen) atoms. The van der Waals surface area contributed by atoms with Gasteiger partial charge in [0.05, 0.1) is 0 Å². The van der Waals surface area contributed by atoms with Crippen molar-refractivity contribution in [2.24, 2.45) is 0 Å². The summed E-state index contributed by atoms with van der Waals surface area (Å²) in [5.74, 6) is 3.85. The minimum Gasteiger partial charge on any atom is -0.305 e. The predicted octanol–water partition coefficient (Wildman–Crippen LogP) is 2.31. The predicted molar refractivity (Wildman–Crippen MR) is 41.2 cm³/mol. The summed E-state index contributed by atoms with van der Waals surface area (Å²) in [6, 6.07) is 0. The van der Waals surface area contributed by atoms with Crippen molar-refractivity contribution in [3.8, 4) is 0 Å². The molecule has 0 rings (SSSR count). The Hall–Kier alpha value is -0.420. The van der Waals surface area contributed by atoms with E-state index in [0.717, 1.165) is 8.20 Å². The van der Waals surface area contributed by atoms with Crippen LogP contribution < -0.4 is 0 Å². The fourth-order valence-electron chi connectivity index (χ4n) is 0.241. The first-order valence-corrected chi connectivity index (χ1v) is 3.50. The average molecular weight is 127 g/mol. The van der Waals surface area contributed by atoms with Crippen LogP contribution >= 0.6 is 8.20 Å². The zero-order valence-electron chi connectivity index (χ0n) is 5.18. The maximum atomic E-state index is 6.98. The highest BCUT2D eigenvalue weighted by Crippen LogP contribution is 1.93. The van der Waals surface area contributed by atoms with E-state index in [1.807, 2.05) is 24.6 Å². The molecule has 0 amide bonds. The van der Waals surface area contributed by atoms with Gasteiger partial charge in [-0.15, -0.1) is 0 Å². The summed E-state index contributed by atoms with van der Waals surface area (Å²) in [7, 11) is 1.11. The average Bonchev–Trinajstić information content (AvgIpc) is 1.66. The summed E-state index contributed by atoms with van der Waals surface area (Å²) >= 11 is 0. The Balaban J connectivity index is 3.50. The molecular weight excluding hydrogens is 117 g/mol. The lowest BCUT2D eigenvalue weighted by Crippen LogP contribution is -1.82. The molecule has 0 aromatic heterocycles. The lowest BCUT2D eigenvalue weighted by Gasteiger charge is -1.75. The fourth-order valence-corrected chi connectivity index (χ4v) is 0.723. The van der Waals surface area contributed by atoms with Crippen molar-refractivity contribution in [3.63, 3.8) is 0 Å². The Morgan fingerprint density at radius 2 is 2.25 bits per heavy atom. The summed E-state index contributed by atoms with van der Waals surface area (Å²) in [5.41, 5.74) is 0.629. The van der Waals surface area contributed by atoms with Gasteiger partial charge in [-0.25, -0.2) is 0 Å². The minimum absolute atomic E-state index is 0.629. The quantitative estimate of drug-likeness (QED) is 0.434. The second-order valence-electron chi connectivity index (χ2n) is 1.44. The van der Waals surface area contributed by atoms with E-state index >= 15 is 0 Å². The van der Waals surface area contributed by atoms with Crippen molar-refractivity contribution in [1.29, 1.82) is 5.41 Å². The molecule has 2 heteroatoms. The van der Waals surface area contributed by atoms with E-state index in [1.54, 1.807) is 6.92 Å². The number of rotatable bonds is 2. The van der Waals surface area contributed by atoms with Crippen LogP contribution in [0.3, 0.4) is 0 Å². The van der Waals surface area contributed by atoms with Crippen LogP contribution in [0.1, 0.15) is 13.8 Å². The highest BCUT2D eigenvalue weighted by Gasteiger charge is 1.70. The third kappa shape index (κ3) is 5.58. The number of nitrogens with one attached hydrogen (secondary N) is 1. The topological polar surface area (TPSA) is 23.9 Å². The minimum atomic E-state index is 0.629. The molecule has 0 aliphatic heterocycles. The summed E-state index contributed by atoms with van der Waals surface area (Å²) in [6.07, 6.45) is 1.97. The van der Waals surface area contributed by atoms with Crippen LogP contribution in [0.15, 0.2) is 11.9 Å². The highest BCUT2D eigenvalue weighted by atomic mass is 31.1. The molecule has 0 aliphatic carbocycles. The van der Waals surface area contributed by atoms with Gasteiger partial charge in [-0.3, -0.25) is 0 Å². The van der Waals surface area contributed by atoms with Crippen LogP contribution in [0.5, 0.6) is 0 Å². The first-order chi connectivity index (χ1) is 3.77. The molecule has 0 aromatic rings. The number of hydrogen-bond donors (Lipinski definition) is 1. The van der Waals surface area contributed by atoms with Crippen LogP contribution in [0.25, 0.3) is 0 Å². The van der Waals surface area contributed by atoms with Crippen LogP contribution in [0.4, 0.5) is 0 Å². The highest BCUT2D eigenvalue weighted by molar-refractivity contribution is 7.44. The lowest BCUT2D eigenvalue weighted by atomic mass is 10.5. The second kappa shape index (κ2) is 4.73. The van der Waals surface area contributed by atoms with Gasteiger partial charge in [0, 0.05) is 5.71 Å². The van der Waals surface area contributed by atoms with Gasteiger partial charge in [0.15, 0.2) is 0 Å². The standard InChI is InChI=1S/C6H10NP/c1-3-4-8-5-6(2)7/h3-5,7H,1-2H3/b4-3-,7-6?. The summed E-state index contributed by atoms with van der Waals surface area (Å²) in [5, 5.41) is 6.98. The van der Waals surface area contributed by atoms with Crippen molar-refractivity contribution in [1.82, 2.24) is 0 Å². The van der Waals surface area contributed by atoms with E-state index in [-0.39, 0.29) is 0 Å². The van der Waals surface area contributed by atoms with Crippen LogP contribution in [0.2, 0.25) is 0 Å². The van der Waals surface area contributed by atoms with Gasteiger partial charge in [0.25, 0.3) is 0 Å². The Morgan fingerprint density at radius 1 is 1.62 bits per heavy atom. The van der Waals surface area contributed by atoms with Gasteiger partial charge < -0.3 is 5.41 Å². The maximum Gasteiger partial charge on any atom is 0.0328 e. The van der Waals surface area contributed by atoms with E-state index in [4.69, 9.17) is 5.41 Å². The molecule has 0 heterocycles. The lowest BCUT2D eigenvalue weighted by molar-refractivity contribution is 1.53. The molecule has 0 aromatic carbocycles. The third-order valence-corrected chi connectivity index (χ3v) is 1.51. The first kappa shape index (κ1) is 7.58. The van der Waals surface area contributed by atoms with Gasteiger partial charge in [0.2, 0.25) is 0 Å². The van der Waals surface area contributed by atoms with Gasteiger partial charge in [-0.05, 0) is 25.5 Å². The summed E-state index contributed by atoms with van der Waals surface area (Å²) in [4.78, 5) is 0. The van der Waals surface area contributed by atoms with E-state index in [0.29, 0.717) is 5.71 Å². The largest absolute Gasteiger partial charge is 0.305 e. The molecule has 1 nitrogen and oxygen atoms in total. The molecular formula is C6H10NP. The zero-order chi connectivity index (χ0) is 6.41. The monoisotopic (exact) mass is 127 g/mol. The fraction of sp³-hybridized carbons (Fsp3) is 0.333. The van der Waals surface area contributed by atoms with Crippen LogP contribution in [-0.2, 0) is 0 Å². The van der Waals surface area contributed by atoms with Gasteiger partial charge in [0.1, 0.15) is 0 Å². The Labute approximate surface area is 51.7 Å². The Kier molecular flexibility index (Phi) is 4.48. The maximum absolute atomic E-state index is 6.98. The smallest absolute Gasteiger partial charge is 0.0328 e. The van der Waals surface area contributed by atoms with E-state index < -0.39 is 0 Å². The molecule has 0 spiro atoms.